The summed E-state index contributed by atoms with van der Waals surface area (Å²) in [5.41, 5.74) is 6.59. The van der Waals surface area contributed by atoms with Gasteiger partial charge in [-0.1, -0.05) is 13.8 Å². The first-order valence-corrected chi connectivity index (χ1v) is 8.01. The maximum atomic E-state index is 12.2. The Kier molecular flexibility index (Phi) is 5.51. The molecular formula is C12H24N4O2S. The predicted molar refractivity (Wildman–Crippen MR) is 75.4 cm³/mol. The second-order valence-corrected chi connectivity index (χ2v) is 6.82. The maximum Gasteiger partial charge on any atom is 0.244 e. The first kappa shape index (κ1) is 16.1. The summed E-state index contributed by atoms with van der Waals surface area (Å²) in [6.07, 6.45) is 0.622. The Hall–Kier alpha value is -0.920. The monoisotopic (exact) mass is 288 g/mol. The van der Waals surface area contributed by atoms with Gasteiger partial charge in [-0.05, 0) is 32.7 Å². The van der Waals surface area contributed by atoms with Crippen LogP contribution >= 0.6 is 0 Å². The van der Waals surface area contributed by atoms with E-state index in [9.17, 15) is 8.42 Å². The number of aromatic nitrogens is 2. The van der Waals surface area contributed by atoms with Gasteiger partial charge in [0.05, 0.1) is 11.4 Å². The molecule has 7 heteroatoms. The molecule has 0 aromatic carbocycles. The number of aryl methyl sites for hydroxylation is 1. The van der Waals surface area contributed by atoms with E-state index in [1.165, 1.54) is 0 Å². The van der Waals surface area contributed by atoms with Gasteiger partial charge in [-0.2, -0.15) is 5.10 Å². The lowest BCUT2D eigenvalue weighted by Crippen LogP contribution is -2.27. The number of nitrogens with one attached hydrogen (secondary N) is 1. The molecule has 0 bridgehead atoms. The topological polar surface area (TPSA) is 90.0 Å². The molecule has 1 rings (SSSR count). The van der Waals surface area contributed by atoms with Crippen LogP contribution in [0.2, 0.25) is 0 Å². The largest absolute Gasteiger partial charge is 0.330 e. The van der Waals surface area contributed by atoms with Crippen molar-refractivity contribution in [3.05, 3.63) is 11.4 Å². The van der Waals surface area contributed by atoms with Gasteiger partial charge in [0.15, 0.2) is 0 Å². The minimum atomic E-state index is -3.50. The van der Waals surface area contributed by atoms with Crippen molar-refractivity contribution in [2.24, 2.45) is 11.7 Å². The standard InChI is InChI=1S/C12H24N4O2S/c1-9(2)8-16-11(4)12(10(3)15-16)19(17,18)14-7-5-6-13/h9,14H,5-8,13H2,1-4H3. The van der Waals surface area contributed by atoms with E-state index >= 15 is 0 Å². The highest BCUT2D eigenvalue weighted by atomic mass is 32.2. The fourth-order valence-electron chi connectivity index (χ4n) is 1.97. The minimum Gasteiger partial charge on any atom is -0.330 e. The molecule has 0 saturated heterocycles. The van der Waals surface area contributed by atoms with E-state index in [-0.39, 0.29) is 0 Å². The minimum absolute atomic E-state index is 0.296. The maximum absolute atomic E-state index is 12.2. The summed E-state index contributed by atoms with van der Waals surface area (Å²) in [4.78, 5) is 0.296. The summed E-state index contributed by atoms with van der Waals surface area (Å²) < 4.78 is 28.8. The lowest BCUT2D eigenvalue weighted by atomic mass is 10.2. The molecule has 1 aromatic heterocycles. The molecule has 0 aliphatic carbocycles. The summed E-state index contributed by atoms with van der Waals surface area (Å²) in [6.45, 7) is 9.20. The van der Waals surface area contributed by atoms with Crippen molar-refractivity contribution in [1.82, 2.24) is 14.5 Å². The van der Waals surface area contributed by atoms with E-state index in [1.807, 2.05) is 0 Å². The van der Waals surface area contributed by atoms with Gasteiger partial charge in [0.25, 0.3) is 0 Å². The Balaban J connectivity index is 3.03. The molecule has 0 radical (unpaired) electrons. The van der Waals surface area contributed by atoms with E-state index in [4.69, 9.17) is 5.73 Å². The molecule has 1 heterocycles. The van der Waals surface area contributed by atoms with Crippen LogP contribution in [-0.2, 0) is 16.6 Å². The number of hydrogen-bond donors (Lipinski definition) is 2. The van der Waals surface area contributed by atoms with Crippen LogP contribution in [0.25, 0.3) is 0 Å². The Bertz CT molecular complexity index is 520. The van der Waals surface area contributed by atoms with Crippen molar-refractivity contribution >= 4 is 10.0 Å². The third kappa shape index (κ3) is 4.02. The number of rotatable bonds is 7. The summed E-state index contributed by atoms with van der Waals surface area (Å²) in [6, 6.07) is 0. The Labute approximate surface area is 115 Å². The SMILES string of the molecule is Cc1nn(CC(C)C)c(C)c1S(=O)(=O)NCCCN. The van der Waals surface area contributed by atoms with Crippen molar-refractivity contribution in [3.8, 4) is 0 Å². The smallest absolute Gasteiger partial charge is 0.244 e. The normalized spacial score (nSPS) is 12.3. The zero-order valence-electron chi connectivity index (χ0n) is 12.1. The Morgan fingerprint density at radius 1 is 1.37 bits per heavy atom. The van der Waals surface area contributed by atoms with Gasteiger partial charge in [0, 0.05) is 13.1 Å². The molecule has 3 N–H and O–H groups in total. The third-order valence-electron chi connectivity index (χ3n) is 2.79. The molecule has 0 fully saturated rings. The molecule has 0 amide bonds. The lowest BCUT2D eigenvalue weighted by molar-refractivity contribution is 0.471. The molecule has 0 aliphatic heterocycles. The van der Waals surface area contributed by atoms with Crippen molar-refractivity contribution < 1.29 is 8.42 Å². The first-order chi connectivity index (χ1) is 8.79. The van der Waals surface area contributed by atoms with Gasteiger partial charge in [0.1, 0.15) is 4.90 Å². The van der Waals surface area contributed by atoms with E-state index < -0.39 is 10.0 Å². The van der Waals surface area contributed by atoms with Crippen molar-refractivity contribution in [1.29, 1.82) is 0 Å². The fourth-order valence-corrected chi connectivity index (χ4v) is 3.46. The molecule has 0 unspecified atom stereocenters. The summed E-state index contributed by atoms with van der Waals surface area (Å²) in [5.74, 6) is 0.416. The second-order valence-electron chi connectivity index (χ2n) is 5.12. The van der Waals surface area contributed by atoms with E-state index in [0.717, 1.165) is 0 Å². The molecule has 0 saturated carbocycles. The Morgan fingerprint density at radius 2 is 2.00 bits per heavy atom. The van der Waals surface area contributed by atoms with Gasteiger partial charge in [-0.3, -0.25) is 4.68 Å². The molecule has 0 spiro atoms. The van der Waals surface area contributed by atoms with Crippen LogP contribution in [0.3, 0.4) is 0 Å². The molecule has 0 atom stereocenters. The average Bonchev–Trinajstić information content (AvgIpc) is 2.53. The van der Waals surface area contributed by atoms with Crippen LogP contribution in [0.15, 0.2) is 4.90 Å². The molecule has 19 heavy (non-hydrogen) atoms. The van der Waals surface area contributed by atoms with Gasteiger partial charge in [-0.25, -0.2) is 13.1 Å². The van der Waals surface area contributed by atoms with Crippen molar-refractivity contribution in [3.63, 3.8) is 0 Å². The number of sulfonamides is 1. The van der Waals surface area contributed by atoms with Gasteiger partial charge in [0.2, 0.25) is 10.0 Å². The highest BCUT2D eigenvalue weighted by molar-refractivity contribution is 7.89. The van der Waals surface area contributed by atoms with Crippen molar-refractivity contribution in [2.75, 3.05) is 13.1 Å². The number of nitrogens with zero attached hydrogens (tertiary/aromatic N) is 2. The van der Waals surface area contributed by atoms with E-state index in [1.54, 1.807) is 18.5 Å². The molecule has 110 valence electrons. The quantitative estimate of drug-likeness (QED) is 0.726. The van der Waals surface area contributed by atoms with Crippen LogP contribution in [0.1, 0.15) is 31.7 Å². The second kappa shape index (κ2) is 6.49. The Morgan fingerprint density at radius 3 is 2.53 bits per heavy atom. The predicted octanol–water partition coefficient (Wildman–Crippen LogP) is 0.783. The van der Waals surface area contributed by atoms with Crippen LogP contribution in [-0.4, -0.2) is 31.3 Å². The van der Waals surface area contributed by atoms with Crippen LogP contribution in [0.5, 0.6) is 0 Å². The number of nitrogens with two attached hydrogens (primary N) is 1. The van der Waals surface area contributed by atoms with E-state index in [2.05, 4.69) is 23.7 Å². The summed E-state index contributed by atoms with van der Waals surface area (Å²) in [5, 5.41) is 4.32. The molecule has 1 aromatic rings. The van der Waals surface area contributed by atoms with Gasteiger partial charge >= 0.3 is 0 Å². The van der Waals surface area contributed by atoms with Crippen LogP contribution in [0.4, 0.5) is 0 Å². The molecule has 0 aliphatic rings. The van der Waals surface area contributed by atoms with E-state index in [0.29, 0.717) is 48.3 Å². The third-order valence-corrected chi connectivity index (χ3v) is 4.51. The van der Waals surface area contributed by atoms with Gasteiger partial charge < -0.3 is 5.73 Å². The zero-order chi connectivity index (χ0) is 14.6. The summed E-state index contributed by atoms with van der Waals surface area (Å²) >= 11 is 0. The molecule has 6 nitrogen and oxygen atoms in total. The average molecular weight is 288 g/mol. The van der Waals surface area contributed by atoms with Gasteiger partial charge in [-0.15, -0.1) is 0 Å². The molecular weight excluding hydrogens is 264 g/mol. The highest BCUT2D eigenvalue weighted by Crippen LogP contribution is 2.20. The summed E-state index contributed by atoms with van der Waals surface area (Å²) in [7, 11) is -3.50. The zero-order valence-corrected chi connectivity index (χ0v) is 12.9. The van der Waals surface area contributed by atoms with Crippen molar-refractivity contribution in [2.45, 2.75) is 45.6 Å². The first-order valence-electron chi connectivity index (χ1n) is 6.53. The highest BCUT2D eigenvalue weighted by Gasteiger charge is 2.24. The number of hydrogen-bond acceptors (Lipinski definition) is 4. The fraction of sp³-hybridized carbons (Fsp3) is 0.750. The van der Waals surface area contributed by atoms with Crippen LogP contribution in [0, 0.1) is 19.8 Å². The van der Waals surface area contributed by atoms with Crippen LogP contribution < -0.4 is 10.5 Å². The lowest BCUT2D eigenvalue weighted by Gasteiger charge is -2.09.